The summed E-state index contributed by atoms with van der Waals surface area (Å²) in [6.45, 7) is 0. The van der Waals surface area contributed by atoms with E-state index in [0.717, 1.165) is 0 Å². The highest BCUT2D eigenvalue weighted by molar-refractivity contribution is 5.78. The number of aromatic nitrogens is 2. The highest BCUT2D eigenvalue weighted by atomic mass is 16.2. The van der Waals surface area contributed by atoms with Crippen LogP contribution in [0.2, 0.25) is 0 Å². The molecular formula is C6H4N6O2. The number of carbonyl (C=O) groups excluding carboxylic acids is 2. The molecule has 0 aromatic carbocycles. The first-order valence-electron chi connectivity index (χ1n) is 3.56. The zero-order valence-electron chi connectivity index (χ0n) is 6.76. The summed E-state index contributed by atoms with van der Waals surface area (Å²) >= 11 is 0. The monoisotopic (exact) mass is 192 g/mol. The van der Waals surface area contributed by atoms with E-state index in [0.29, 0.717) is 6.41 Å². The van der Waals surface area contributed by atoms with Crippen LogP contribution in [-0.4, -0.2) is 22.4 Å². The van der Waals surface area contributed by atoms with Gasteiger partial charge in [-0.1, -0.05) is 0 Å². The van der Waals surface area contributed by atoms with Crippen molar-refractivity contribution in [1.29, 1.82) is 0 Å². The van der Waals surface area contributed by atoms with E-state index in [1.807, 2.05) is 0 Å². The standard InChI is InChI=1S/C6H4N6O2/c7-3-2-4(12-6(14)9-2)11-5(10-3)8-1-13/h1H,(H3,7,8,10,11,12,13,14). The molecule has 1 aliphatic heterocycles. The number of fused-ring (bicyclic) bond motifs is 1. The van der Waals surface area contributed by atoms with Crippen molar-refractivity contribution in [3.63, 3.8) is 0 Å². The predicted molar refractivity (Wildman–Crippen MR) is 43.8 cm³/mol. The van der Waals surface area contributed by atoms with Gasteiger partial charge in [-0.2, -0.15) is 20.0 Å². The average molecular weight is 192 g/mol. The summed E-state index contributed by atoms with van der Waals surface area (Å²) in [4.78, 5) is 35.2. The quantitative estimate of drug-likeness (QED) is 0.524. The van der Waals surface area contributed by atoms with E-state index in [1.54, 1.807) is 0 Å². The SMILES string of the molecule is Nc1nc(NC=O)nc2c1=NC(=O)N=2. The van der Waals surface area contributed by atoms with Crippen molar-refractivity contribution in [3.8, 4) is 0 Å². The maximum absolute atomic E-state index is 10.8. The second kappa shape index (κ2) is 2.83. The Labute approximate surface area is 76.6 Å². The van der Waals surface area contributed by atoms with Crippen LogP contribution in [0.5, 0.6) is 0 Å². The Morgan fingerprint density at radius 2 is 2.07 bits per heavy atom. The summed E-state index contributed by atoms with van der Waals surface area (Å²) in [5.41, 5.74) is 5.53. The average Bonchev–Trinajstić information content (AvgIpc) is 2.47. The van der Waals surface area contributed by atoms with Crippen molar-refractivity contribution in [2.75, 3.05) is 11.1 Å². The summed E-state index contributed by atoms with van der Waals surface area (Å²) in [6, 6.07) is -0.677. The first-order valence-corrected chi connectivity index (χ1v) is 3.56. The minimum absolute atomic E-state index is 0.00829. The van der Waals surface area contributed by atoms with Crippen molar-refractivity contribution < 1.29 is 9.59 Å². The number of nitrogens with one attached hydrogen (secondary N) is 1. The summed E-state index contributed by atoms with van der Waals surface area (Å²) in [5, 5.41) is 2.34. The zero-order valence-corrected chi connectivity index (χ0v) is 6.76. The minimum Gasteiger partial charge on any atom is -0.382 e. The Morgan fingerprint density at radius 1 is 1.29 bits per heavy atom. The van der Waals surface area contributed by atoms with Gasteiger partial charge >= 0.3 is 6.03 Å². The minimum atomic E-state index is -0.677. The normalized spacial score (nSPS) is 12.7. The highest BCUT2D eigenvalue weighted by Gasteiger charge is 2.11. The lowest BCUT2D eigenvalue weighted by atomic mass is 10.5. The Balaban J connectivity index is 2.69. The van der Waals surface area contributed by atoms with Gasteiger partial charge < -0.3 is 5.73 Å². The van der Waals surface area contributed by atoms with Crippen LogP contribution < -0.4 is 21.9 Å². The second-order valence-corrected chi connectivity index (χ2v) is 2.37. The van der Waals surface area contributed by atoms with Gasteiger partial charge in [-0.3, -0.25) is 10.1 Å². The summed E-state index contributed by atoms with van der Waals surface area (Å²) in [7, 11) is 0. The molecule has 1 aromatic heterocycles. The van der Waals surface area contributed by atoms with Crippen molar-refractivity contribution in [1.82, 2.24) is 9.97 Å². The fourth-order valence-electron chi connectivity index (χ4n) is 0.974. The van der Waals surface area contributed by atoms with Gasteiger partial charge in [0, 0.05) is 0 Å². The maximum atomic E-state index is 10.8. The molecule has 70 valence electrons. The van der Waals surface area contributed by atoms with Gasteiger partial charge in [0.2, 0.25) is 12.4 Å². The molecular weight excluding hydrogens is 188 g/mol. The van der Waals surface area contributed by atoms with Crippen LogP contribution in [0.25, 0.3) is 0 Å². The van der Waals surface area contributed by atoms with E-state index in [4.69, 9.17) is 5.73 Å². The molecule has 0 unspecified atom stereocenters. The van der Waals surface area contributed by atoms with E-state index in [-0.39, 0.29) is 22.6 Å². The van der Waals surface area contributed by atoms with Crippen molar-refractivity contribution >= 4 is 24.2 Å². The highest BCUT2D eigenvalue weighted by Crippen LogP contribution is 1.94. The molecule has 1 aromatic rings. The number of anilines is 2. The number of amides is 3. The van der Waals surface area contributed by atoms with E-state index < -0.39 is 6.03 Å². The number of urea groups is 1. The number of nitrogens with two attached hydrogens (primary N) is 1. The Bertz CT molecular complexity index is 536. The fourth-order valence-corrected chi connectivity index (χ4v) is 0.974. The molecule has 1 aliphatic rings. The first kappa shape index (κ1) is 8.23. The molecule has 0 radical (unpaired) electrons. The topological polar surface area (TPSA) is 123 Å². The third-order valence-electron chi connectivity index (χ3n) is 1.49. The van der Waals surface area contributed by atoms with Gasteiger partial charge in [0.25, 0.3) is 0 Å². The van der Waals surface area contributed by atoms with Crippen LogP contribution in [0.1, 0.15) is 0 Å². The molecule has 2 rings (SSSR count). The number of nitrogens with zero attached hydrogens (tertiary/aromatic N) is 4. The van der Waals surface area contributed by atoms with Crippen LogP contribution in [0.4, 0.5) is 16.6 Å². The molecule has 0 saturated carbocycles. The molecule has 3 N–H and O–H groups in total. The van der Waals surface area contributed by atoms with Crippen LogP contribution in [-0.2, 0) is 4.79 Å². The van der Waals surface area contributed by atoms with Crippen LogP contribution >= 0.6 is 0 Å². The lowest BCUT2D eigenvalue weighted by Crippen LogP contribution is -2.31. The van der Waals surface area contributed by atoms with Gasteiger partial charge in [-0.25, -0.2) is 4.79 Å². The van der Waals surface area contributed by atoms with E-state index >= 15 is 0 Å². The van der Waals surface area contributed by atoms with Crippen LogP contribution in [0.15, 0.2) is 9.98 Å². The molecule has 0 fully saturated rings. The Morgan fingerprint density at radius 3 is 2.79 bits per heavy atom. The zero-order chi connectivity index (χ0) is 10.1. The fraction of sp³-hybridized carbons (Fsp3) is 0. The number of rotatable bonds is 2. The third kappa shape index (κ3) is 1.18. The smallest absolute Gasteiger partial charge is 0.369 e. The van der Waals surface area contributed by atoms with Gasteiger partial charge in [-0.15, -0.1) is 0 Å². The van der Waals surface area contributed by atoms with Crippen molar-refractivity contribution in [2.24, 2.45) is 9.98 Å². The second-order valence-electron chi connectivity index (χ2n) is 2.37. The lowest BCUT2D eigenvalue weighted by Gasteiger charge is -1.95. The third-order valence-corrected chi connectivity index (χ3v) is 1.49. The van der Waals surface area contributed by atoms with Gasteiger partial charge in [0.05, 0.1) is 0 Å². The Hall–Kier alpha value is -2.38. The van der Waals surface area contributed by atoms with Crippen molar-refractivity contribution in [3.05, 3.63) is 10.8 Å². The predicted octanol–water partition coefficient (Wildman–Crippen LogP) is -2.00. The molecule has 0 aliphatic carbocycles. The van der Waals surface area contributed by atoms with E-state index in [1.165, 1.54) is 0 Å². The molecule has 3 amide bonds. The molecule has 0 atom stereocenters. The molecule has 8 heteroatoms. The molecule has 14 heavy (non-hydrogen) atoms. The van der Waals surface area contributed by atoms with E-state index in [9.17, 15) is 9.59 Å². The number of nitrogen functional groups attached to an aromatic ring is 1. The summed E-state index contributed by atoms with van der Waals surface area (Å²) in [6.07, 6.45) is 0.398. The largest absolute Gasteiger partial charge is 0.382 e. The van der Waals surface area contributed by atoms with Crippen LogP contribution in [0, 0.1) is 0 Å². The summed E-state index contributed by atoms with van der Waals surface area (Å²) in [5.74, 6) is -0.00106. The van der Waals surface area contributed by atoms with Gasteiger partial charge in [0.15, 0.2) is 16.7 Å². The maximum Gasteiger partial charge on any atom is 0.369 e. The molecule has 0 bridgehead atoms. The molecule has 2 heterocycles. The van der Waals surface area contributed by atoms with Gasteiger partial charge in [0.1, 0.15) is 0 Å². The number of hydrogen-bond acceptors (Lipinski definition) is 5. The molecule has 0 saturated heterocycles. The molecule has 0 spiro atoms. The molecule has 8 nitrogen and oxygen atoms in total. The number of hydrogen-bond donors (Lipinski definition) is 2. The van der Waals surface area contributed by atoms with Crippen LogP contribution in [0.3, 0.4) is 0 Å². The summed E-state index contributed by atoms with van der Waals surface area (Å²) < 4.78 is 0. The van der Waals surface area contributed by atoms with Gasteiger partial charge in [-0.05, 0) is 0 Å². The van der Waals surface area contributed by atoms with E-state index in [2.05, 4.69) is 25.3 Å². The van der Waals surface area contributed by atoms with Crippen molar-refractivity contribution in [2.45, 2.75) is 0 Å². The Kier molecular flexibility index (Phi) is 1.67. The number of carbonyl (C=O) groups is 2. The lowest BCUT2D eigenvalue weighted by molar-refractivity contribution is -0.105. The first-order chi connectivity index (χ1) is 6.70.